The van der Waals surface area contributed by atoms with Gasteiger partial charge in [-0.25, -0.2) is 0 Å². The van der Waals surface area contributed by atoms with E-state index in [1.54, 1.807) is 11.3 Å². The topological polar surface area (TPSA) is 29.1 Å². The Bertz CT molecular complexity index is 461. The molecule has 1 aromatic rings. The number of carbonyl (C=O) groups is 1. The van der Waals surface area contributed by atoms with E-state index in [9.17, 15) is 4.79 Å². The van der Waals surface area contributed by atoms with Gasteiger partial charge in [0.2, 0.25) is 0 Å². The van der Waals surface area contributed by atoms with Gasteiger partial charge in [0.05, 0.1) is 4.88 Å². The smallest absolute Gasteiger partial charge is 0.261 e. The summed E-state index contributed by atoms with van der Waals surface area (Å²) in [6.07, 6.45) is 9.82. The van der Waals surface area contributed by atoms with Gasteiger partial charge in [-0.15, -0.1) is 11.3 Å². The first kappa shape index (κ1) is 14.6. The first-order chi connectivity index (χ1) is 9.78. The van der Waals surface area contributed by atoms with Crippen molar-refractivity contribution in [3.8, 4) is 0 Å². The molecule has 1 N–H and O–H groups in total. The van der Waals surface area contributed by atoms with Crippen LogP contribution in [0.3, 0.4) is 0 Å². The van der Waals surface area contributed by atoms with Crippen LogP contribution in [0.1, 0.15) is 58.6 Å². The maximum atomic E-state index is 12.4. The molecule has 2 aliphatic carbocycles. The normalized spacial score (nSPS) is 26.1. The molecule has 0 aliphatic heterocycles. The number of alkyl halides is 1. The Labute approximate surface area is 133 Å². The summed E-state index contributed by atoms with van der Waals surface area (Å²) in [5.41, 5.74) is 1.43. The fraction of sp³-hybridized carbons (Fsp3) is 0.688. The van der Waals surface area contributed by atoms with Crippen LogP contribution in [0, 0.1) is 5.92 Å². The molecule has 2 nitrogen and oxygen atoms in total. The number of thiophene rings is 1. The Kier molecular flexibility index (Phi) is 4.82. The van der Waals surface area contributed by atoms with Gasteiger partial charge in [0, 0.05) is 16.2 Å². The number of fused-ring (bicyclic) bond motifs is 1. The Morgan fingerprint density at radius 3 is 2.95 bits per heavy atom. The minimum absolute atomic E-state index is 0.154. The monoisotopic (exact) mass is 355 g/mol. The molecule has 2 aliphatic rings. The van der Waals surface area contributed by atoms with Gasteiger partial charge in [0.1, 0.15) is 0 Å². The number of halogens is 1. The van der Waals surface area contributed by atoms with Crippen LogP contribution in [-0.4, -0.2) is 17.3 Å². The van der Waals surface area contributed by atoms with Gasteiger partial charge in [0.25, 0.3) is 5.91 Å². The summed E-state index contributed by atoms with van der Waals surface area (Å²) >= 11 is 5.29. The third kappa shape index (κ3) is 3.11. The largest absolute Gasteiger partial charge is 0.348 e. The zero-order chi connectivity index (χ0) is 13.9. The minimum atomic E-state index is 0.154. The van der Waals surface area contributed by atoms with Crippen LogP contribution in [0.15, 0.2) is 6.07 Å². The molecule has 2 unspecified atom stereocenters. The number of nitrogens with one attached hydrogen (secondary N) is 1. The molecular formula is C16H22BrNOS. The highest BCUT2D eigenvalue weighted by Crippen LogP contribution is 2.31. The quantitative estimate of drug-likeness (QED) is 0.635. The average Bonchev–Trinajstić information content (AvgIpc) is 3.00. The number of amides is 1. The van der Waals surface area contributed by atoms with E-state index >= 15 is 0 Å². The van der Waals surface area contributed by atoms with Crippen LogP contribution in [0.4, 0.5) is 0 Å². The molecule has 110 valence electrons. The van der Waals surface area contributed by atoms with Crippen molar-refractivity contribution < 1.29 is 4.79 Å². The molecule has 0 radical (unpaired) electrons. The molecule has 0 aromatic carbocycles. The highest BCUT2D eigenvalue weighted by molar-refractivity contribution is 9.09. The summed E-state index contributed by atoms with van der Waals surface area (Å²) < 4.78 is 0. The molecule has 0 bridgehead atoms. The predicted molar refractivity (Wildman–Crippen MR) is 88.0 cm³/mol. The van der Waals surface area contributed by atoms with Crippen molar-refractivity contribution in [2.24, 2.45) is 5.92 Å². The van der Waals surface area contributed by atoms with Crippen molar-refractivity contribution in [1.29, 1.82) is 0 Å². The molecule has 1 heterocycles. The molecule has 1 amide bonds. The fourth-order valence-corrected chi connectivity index (χ4v) is 5.36. The third-order valence-electron chi connectivity index (χ3n) is 4.64. The van der Waals surface area contributed by atoms with Crippen LogP contribution in [0.2, 0.25) is 0 Å². The van der Waals surface area contributed by atoms with Gasteiger partial charge in [-0.3, -0.25) is 4.79 Å². The molecule has 1 fully saturated rings. The standard InChI is InChI=1S/C16H22BrNOS/c17-10-12-6-4-7-13(12)18-16(19)15-9-11-5-2-1-3-8-14(11)20-15/h9,12-13H,1-8,10H2,(H,18,19). The zero-order valence-corrected chi connectivity index (χ0v) is 14.2. The molecule has 0 spiro atoms. The lowest BCUT2D eigenvalue weighted by atomic mass is 10.1. The second-order valence-corrected chi connectivity index (χ2v) is 7.83. The van der Waals surface area contributed by atoms with Gasteiger partial charge in [-0.1, -0.05) is 28.8 Å². The van der Waals surface area contributed by atoms with E-state index in [-0.39, 0.29) is 5.91 Å². The fourth-order valence-electron chi connectivity index (χ4n) is 3.43. The molecule has 0 saturated heterocycles. The maximum absolute atomic E-state index is 12.4. The van der Waals surface area contributed by atoms with Crippen molar-refractivity contribution in [3.63, 3.8) is 0 Å². The van der Waals surface area contributed by atoms with Crippen LogP contribution in [0.5, 0.6) is 0 Å². The Hall–Kier alpha value is -0.350. The van der Waals surface area contributed by atoms with E-state index in [0.29, 0.717) is 12.0 Å². The van der Waals surface area contributed by atoms with Gasteiger partial charge in [-0.05, 0) is 56.1 Å². The first-order valence-electron chi connectivity index (χ1n) is 7.76. The highest BCUT2D eigenvalue weighted by Gasteiger charge is 2.28. The van der Waals surface area contributed by atoms with E-state index in [0.717, 1.165) is 23.0 Å². The van der Waals surface area contributed by atoms with Crippen LogP contribution >= 0.6 is 27.3 Å². The minimum Gasteiger partial charge on any atom is -0.348 e. The number of hydrogen-bond acceptors (Lipinski definition) is 2. The summed E-state index contributed by atoms with van der Waals surface area (Å²) in [6.45, 7) is 0. The van der Waals surface area contributed by atoms with Gasteiger partial charge < -0.3 is 5.32 Å². The van der Waals surface area contributed by atoms with Crippen LogP contribution in [-0.2, 0) is 12.8 Å². The summed E-state index contributed by atoms with van der Waals surface area (Å²) in [4.78, 5) is 14.8. The van der Waals surface area contributed by atoms with E-state index in [1.165, 1.54) is 49.0 Å². The van der Waals surface area contributed by atoms with Gasteiger partial charge >= 0.3 is 0 Å². The molecule has 1 saturated carbocycles. The predicted octanol–water partition coefficient (Wildman–Crippen LogP) is 4.31. The van der Waals surface area contributed by atoms with Crippen molar-refractivity contribution in [1.82, 2.24) is 5.32 Å². The Morgan fingerprint density at radius 2 is 2.10 bits per heavy atom. The van der Waals surface area contributed by atoms with Crippen molar-refractivity contribution in [3.05, 3.63) is 21.4 Å². The van der Waals surface area contributed by atoms with Gasteiger partial charge in [-0.2, -0.15) is 0 Å². The Balaban J connectivity index is 1.68. The lowest BCUT2D eigenvalue weighted by Gasteiger charge is -2.18. The number of rotatable bonds is 3. The maximum Gasteiger partial charge on any atom is 0.261 e. The molecule has 2 atom stereocenters. The molecule has 20 heavy (non-hydrogen) atoms. The number of hydrogen-bond donors (Lipinski definition) is 1. The molecule has 4 heteroatoms. The number of carbonyl (C=O) groups excluding carboxylic acids is 1. The highest BCUT2D eigenvalue weighted by atomic mass is 79.9. The second kappa shape index (κ2) is 6.61. The lowest BCUT2D eigenvalue weighted by molar-refractivity contribution is 0.0934. The molecular weight excluding hydrogens is 334 g/mol. The summed E-state index contributed by atoms with van der Waals surface area (Å²) in [5.74, 6) is 0.762. The van der Waals surface area contributed by atoms with E-state index < -0.39 is 0 Å². The van der Waals surface area contributed by atoms with E-state index in [2.05, 4.69) is 27.3 Å². The van der Waals surface area contributed by atoms with Gasteiger partial charge in [0.15, 0.2) is 0 Å². The van der Waals surface area contributed by atoms with Crippen molar-refractivity contribution in [2.45, 2.75) is 57.4 Å². The van der Waals surface area contributed by atoms with E-state index in [1.807, 2.05) is 0 Å². The second-order valence-electron chi connectivity index (χ2n) is 6.04. The third-order valence-corrected chi connectivity index (χ3v) is 6.71. The lowest BCUT2D eigenvalue weighted by Crippen LogP contribution is -2.37. The van der Waals surface area contributed by atoms with Crippen LogP contribution in [0.25, 0.3) is 0 Å². The molecule has 1 aromatic heterocycles. The average molecular weight is 356 g/mol. The summed E-state index contributed by atoms with van der Waals surface area (Å²) in [7, 11) is 0. The van der Waals surface area contributed by atoms with Crippen molar-refractivity contribution in [2.75, 3.05) is 5.33 Å². The molecule has 3 rings (SSSR count). The summed E-state index contributed by atoms with van der Waals surface area (Å²) in [5, 5.41) is 4.26. The van der Waals surface area contributed by atoms with E-state index in [4.69, 9.17) is 0 Å². The van der Waals surface area contributed by atoms with Crippen molar-refractivity contribution >= 4 is 33.2 Å². The summed E-state index contributed by atoms with van der Waals surface area (Å²) in [6, 6.07) is 2.52. The number of aryl methyl sites for hydroxylation is 2. The zero-order valence-electron chi connectivity index (χ0n) is 11.8. The Morgan fingerprint density at radius 1 is 1.25 bits per heavy atom. The first-order valence-corrected chi connectivity index (χ1v) is 9.70. The van der Waals surface area contributed by atoms with Crippen LogP contribution < -0.4 is 5.32 Å². The SMILES string of the molecule is O=C(NC1CCCC1CBr)c1cc2c(s1)CCCCC2.